The molecule has 6 heteroatoms. The summed E-state index contributed by atoms with van der Waals surface area (Å²) in [4.78, 5) is 17.0. The number of benzene rings is 1. The van der Waals surface area contributed by atoms with Gasteiger partial charge in [-0.1, -0.05) is 13.8 Å². The lowest BCUT2D eigenvalue weighted by Crippen LogP contribution is -2.48. The second-order valence-corrected chi connectivity index (χ2v) is 8.80. The third-order valence-corrected chi connectivity index (χ3v) is 6.13. The average Bonchev–Trinajstić information content (AvgIpc) is 2.74. The number of morpholine rings is 1. The minimum absolute atomic E-state index is 0.0644. The third-order valence-electron chi connectivity index (χ3n) is 6.13. The Hall–Kier alpha value is -2.52. The van der Waals surface area contributed by atoms with Crippen LogP contribution in [0.3, 0.4) is 0 Å². The molecule has 1 aromatic rings. The van der Waals surface area contributed by atoms with Gasteiger partial charge in [-0.15, -0.1) is 0 Å². The zero-order valence-corrected chi connectivity index (χ0v) is 18.8. The quantitative estimate of drug-likeness (QED) is 0.542. The molecule has 2 heterocycles. The molecule has 3 rings (SSSR count). The van der Waals surface area contributed by atoms with E-state index in [0.29, 0.717) is 38.0 Å². The molecule has 6 nitrogen and oxygen atoms in total. The number of rotatable bonds is 5. The van der Waals surface area contributed by atoms with Crippen molar-refractivity contribution >= 4 is 17.7 Å². The van der Waals surface area contributed by atoms with Crippen molar-refractivity contribution in [1.82, 2.24) is 4.90 Å². The number of fused-ring (bicyclic) bond motifs is 1. The molecule has 0 spiro atoms. The Balaban J connectivity index is 2.04. The van der Waals surface area contributed by atoms with Gasteiger partial charge in [0.15, 0.2) is 0 Å². The highest BCUT2D eigenvalue weighted by molar-refractivity contribution is 6.02. The summed E-state index contributed by atoms with van der Waals surface area (Å²) in [5, 5.41) is 9.68. The first-order valence-corrected chi connectivity index (χ1v) is 10.8. The summed E-state index contributed by atoms with van der Waals surface area (Å²) in [6.45, 7) is 12.0. The van der Waals surface area contributed by atoms with Crippen LogP contribution in [0.25, 0.3) is 6.08 Å². The second-order valence-electron chi connectivity index (χ2n) is 8.80. The predicted molar refractivity (Wildman–Crippen MR) is 119 cm³/mol. The summed E-state index contributed by atoms with van der Waals surface area (Å²) in [5.41, 5.74) is 3.40. The summed E-state index contributed by atoms with van der Waals surface area (Å²) in [5.74, 6) is 0.811. The van der Waals surface area contributed by atoms with Gasteiger partial charge < -0.3 is 19.3 Å². The van der Waals surface area contributed by atoms with Gasteiger partial charge in [-0.3, -0.25) is 4.79 Å². The maximum Gasteiger partial charge on any atom is 0.264 e. The molecule has 0 bridgehead atoms. The molecule has 1 aromatic carbocycles. The number of ether oxygens (including phenoxy) is 2. The van der Waals surface area contributed by atoms with Gasteiger partial charge in [0.05, 0.1) is 20.3 Å². The van der Waals surface area contributed by atoms with Gasteiger partial charge in [-0.25, -0.2) is 0 Å². The van der Waals surface area contributed by atoms with Crippen molar-refractivity contribution in [3.05, 3.63) is 28.8 Å². The van der Waals surface area contributed by atoms with Gasteiger partial charge in [0.2, 0.25) is 0 Å². The maximum atomic E-state index is 12.8. The zero-order valence-electron chi connectivity index (χ0n) is 18.8. The molecule has 0 aliphatic carbocycles. The van der Waals surface area contributed by atoms with E-state index in [-0.39, 0.29) is 17.0 Å². The Morgan fingerprint density at radius 1 is 1.37 bits per heavy atom. The molecule has 1 fully saturated rings. The third kappa shape index (κ3) is 4.32. The van der Waals surface area contributed by atoms with Crippen LogP contribution in [0.2, 0.25) is 0 Å². The van der Waals surface area contributed by atoms with Gasteiger partial charge in [0.1, 0.15) is 17.4 Å². The van der Waals surface area contributed by atoms with E-state index in [1.807, 2.05) is 0 Å². The van der Waals surface area contributed by atoms with Crippen LogP contribution in [0.1, 0.15) is 57.6 Å². The van der Waals surface area contributed by atoms with Crippen LogP contribution in [0.15, 0.2) is 17.7 Å². The first-order valence-electron chi connectivity index (χ1n) is 10.8. The van der Waals surface area contributed by atoms with Crippen LogP contribution in [-0.2, 0) is 9.53 Å². The summed E-state index contributed by atoms with van der Waals surface area (Å²) < 4.78 is 11.0. The lowest BCUT2D eigenvalue weighted by Gasteiger charge is -2.47. The second kappa shape index (κ2) is 9.09. The minimum Gasteiger partial charge on any atom is -0.496 e. The van der Waals surface area contributed by atoms with Crippen molar-refractivity contribution in [3.8, 4) is 11.8 Å². The van der Waals surface area contributed by atoms with Crippen molar-refractivity contribution in [1.29, 1.82) is 5.26 Å². The topological polar surface area (TPSA) is 65.8 Å². The van der Waals surface area contributed by atoms with Crippen LogP contribution >= 0.6 is 0 Å². The van der Waals surface area contributed by atoms with Crippen LogP contribution in [0, 0.1) is 11.3 Å². The van der Waals surface area contributed by atoms with Gasteiger partial charge in [0, 0.05) is 42.5 Å². The van der Waals surface area contributed by atoms with Gasteiger partial charge >= 0.3 is 0 Å². The van der Waals surface area contributed by atoms with Crippen molar-refractivity contribution < 1.29 is 14.3 Å². The standard InChI is InChI=1S/C24H33N3O3/c1-6-7-27-21-14-22(29-5)18(13-20(21)17(2)15-24(27,3)4)12-19(16-25)23(28)26-8-10-30-11-9-26/h12-14,17H,6-11,15H2,1-5H3/b19-12+. The van der Waals surface area contributed by atoms with E-state index in [1.54, 1.807) is 18.1 Å². The number of carbonyl (C=O) groups excluding carboxylic acids is 1. The summed E-state index contributed by atoms with van der Waals surface area (Å²) in [6, 6.07) is 6.27. The molecule has 1 atom stereocenters. The molecule has 0 radical (unpaired) electrons. The number of nitrogens with zero attached hydrogens (tertiary/aromatic N) is 3. The van der Waals surface area contributed by atoms with Crippen LogP contribution in [-0.4, -0.2) is 56.3 Å². The molecular weight excluding hydrogens is 378 g/mol. The lowest BCUT2D eigenvalue weighted by atomic mass is 9.79. The lowest BCUT2D eigenvalue weighted by molar-refractivity contribution is -0.130. The van der Waals surface area contributed by atoms with Crippen LogP contribution < -0.4 is 9.64 Å². The number of hydrogen-bond donors (Lipinski definition) is 0. The SMILES string of the molecule is CCCN1c2cc(OC)c(/C=C(\C#N)C(=O)N3CCOCC3)cc2C(C)CC1(C)C. The normalized spacial score (nSPS) is 21.1. The van der Waals surface area contributed by atoms with Crippen molar-refractivity contribution in [2.24, 2.45) is 0 Å². The van der Waals surface area contributed by atoms with E-state index in [4.69, 9.17) is 9.47 Å². The largest absolute Gasteiger partial charge is 0.496 e. The first kappa shape index (κ1) is 22.2. The molecule has 1 saturated heterocycles. The number of methoxy groups -OCH3 is 1. The monoisotopic (exact) mass is 411 g/mol. The molecule has 162 valence electrons. The number of amides is 1. The highest BCUT2D eigenvalue weighted by Gasteiger charge is 2.36. The number of anilines is 1. The predicted octanol–water partition coefficient (Wildman–Crippen LogP) is 3.96. The summed E-state index contributed by atoms with van der Waals surface area (Å²) in [7, 11) is 1.64. The molecule has 1 amide bonds. The number of hydrogen-bond acceptors (Lipinski definition) is 5. The van der Waals surface area contributed by atoms with Gasteiger partial charge in [-0.05, 0) is 50.3 Å². The number of nitriles is 1. The molecule has 2 aliphatic rings. The molecular formula is C24H33N3O3. The van der Waals surface area contributed by atoms with Crippen LogP contribution in [0.5, 0.6) is 5.75 Å². The smallest absolute Gasteiger partial charge is 0.264 e. The Morgan fingerprint density at radius 3 is 2.67 bits per heavy atom. The van der Waals surface area contributed by atoms with E-state index in [2.05, 4.69) is 50.8 Å². The van der Waals surface area contributed by atoms with E-state index in [9.17, 15) is 10.1 Å². The summed E-state index contributed by atoms with van der Waals surface area (Å²) in [6.07, 6.45) is 3.79. The van der Waals surface area contributed by atoms with Gasteiger partial charge in [0.25, 0.3) is 5.91 Å². The molecule has 0 aromatic heterocycles. The fourth-order valence-corrected chi connectivity index (χ4v) is 4.70. The zero-order chi connectivity index (χ0) is 21.9. The van der Waals surface area contributed by atoms with Crippen LogP contribution in [0.4, 0.5) is 5.69 Å². The molecule has 0 saturated carbocycles. The van der Waals surface area contributed by atoms with Crippen molar-refractivity contribution in [2.45, 2.75) is 52.0 Å². The molecule has 2 aliphatic heterocycles. The molecule has 1 unspecified atom stereocenters. The van der Waals surface area contributed by atoms with Crippen molar-refractivity contribution in [3.63, 3.8) is 0 Å². The van der Waals surface area contributed by atoms with Gasteiger partial charge in [-0.2, -0.15) is 5.26 Å². The number of carbonyl (C=O) groups is 1. The highest BCUT2D eigenvalue weighted by atomic mass is 16.5. The Labute approximate surface area is 180 Å². The first-order chi connectivity index (χ1) is 14.3. The summed E-state index contributed by atoms with van der Waals surface area (Å²) >= 11 is 0. The Morgan fingerprint density at radius 2 is 2.07 bits per heavy atom. The Kier molecular flexibility index (Phi) is 6.72. The Bertz CT molecular complexity index is 863. The average molecular weight is 412 g/mol. The fraction of sp³-hybridized carbons (Fsp3) is 0.583. The molecule has 0 N–H and O–H groups in total. The fourth-order valence-electron chi connectivity index (χ4n) is 4.70. The van der Waals surface area contributed by atoms with E-state index in [1.165, 1.54) is 11.3 Å². The van der Waals surface area contributed by atoms with E-state index >= 15 is 0 Å². The maximum absolute atomic E-state index is 12.8. The van der Waals surface area contributed by atoms with E-state index < -0.39 is 0 Å². The van der Waals surface area contributed by atoms with Crippen molar-refractivity contribution in [2.75, 3.05) is 44.9 Å². The van der Waals surface area contributed by atoms with E-state index in [0.717, 1.165) is 24.9 Å². The molecule has 30 heavy (non-hydrogen) atoms. The minimum atomic E-state index is -0.248. The highest BCUT2D eigenvalue weighted by Crippen LogP contribution is 2.46.